The third-order valence-corrected chi connectivity index (χ3v) is 4.89. The number of carbonyl (C=O) groups is 1. The van der Waals surface area contributed by atoms with Gasteiger partial charge in [-0.25, -0.2) is 4.68 Å². The van der Waals surface area contributed by atoms with Crippen molar-refractivity contribution in [1.82, 2.24) is 9.78 Å². The van der Waals surface area contributed by atoms with Crippen LogP contribution in [0.2, 0.25) is 5.02 Å². The van der Waals surface area contributed by atoms with E-state index in [1.54, 1.807) is 16.9 Å². The van der Waals surface area contributed by atoms with Crippen molar-refractivity contribution < 1.29 is 14.3 Å². The normalized spacial score (nSPS) is 13.1. The van der Waals surface area contributed by atoms with E-state index in [4.69, 9.17) is 21.1 Å². The first-order chi connectivity index (χ1) is 13.6. The molecule has 1 aliphatic heterocycles. The summed E-state index contributed by atoms with van der Waals surface area (Å²) in [6.45, 7) is 1.12. The minimum atomic E-state index is -0.163. The Bertz CT molecular complexity index is 1020. The van der Waals surface area contributed by atoms with Crippen LogP contribution in [0.4, 0.5) is 5.69 Å². The minimum Gasteiger partial charge on any atom is -0.489 e. The van der Waals surface area contributed by atoms with E-state index in [1.165, 1.54) is 0 Å². The number of halogens is 2. The average molecular weight is 463 g/mol. The van der Waals surface area contributed by atoms with Crippen molar-refractivity contribution in [3.8, 4) is 17.2 Å². The highest BCUT2D eigenvalue weighted by atomic mass is 79.9. The number of nitrogens with zero attached hydrogens (tertiary/aromatic N) is 2. The van der Waals surface area contributed by atoms with Crippen molar-refractivity contribution >= 4 is 39.1 Å². The van der Waals surface area contributed by atoms with Crippen LogP contribution >= 0.6 is 27.5 Å². The van der Waals surface area contributed by atoms with Crippen LogP contribution in [-0.2, 0) is 11.2 Å². The van der Waals surface area contributed by atoms with E-state index in [-0.39, 0.29) is 12.3 Å². The van der Waals surface area contributed by atoms with Crippen LogP contribution in [0.1, 0.15) is 12.0 Å². The minimum absolute atomic E-state index is 0.160. The summed E-state index contributed by atoms with van der Waals surface area (Å²) < 4.78 is 13.9. The molecule has 0 atom stereocenters. The molecule has 6 nitrogen and oxygen atoms in total. The molecule has 0 radical (unpaired) electrons. The molecule has 0 bridgehead atoms. The van der Waals surface area contributed by atoms with Crippen LogP contribution in [0, 0.1) is 0 Å². The number of hydrogen-bond donors (Lipinski definition) is 1. The molecule has 1 amide bonds. The Morgan fingerprint density at radius 3 is 2.89 bits per heavy atom. The molecule has 1 aromatic heterocycles. The summed E-state index contributed by atoms with van der Waals surface area (Å²) in [4.78, 5) is 12.7. The highest BCUT2D eigenvalue weighted by molar-refractivity contribution is 9.10. The van der Waals surface area contributed by atoms with E-state index in [0.717, 1.165) is 22.1 Å². The molecule has 0 aliphatic carbocycles. The summed E-state index contributed by atoms with van der Waals surface area (Å²) in [7, 11) is 0. The number of aromatic nitrogens is 2. The Hall–Kier alpha value is -2.51. The number of ether oxygens (including phenoxy) is 2. The second-order valence-electron chi connectivity index (χ2n) is 6.30. The van der Waals surface area contributed by atoms with Crippen LogP contribution in [-0.4, -0.2) is 28.9 Å². The summed E-state index contributed by atoms with van der Waals surface area (Å²) in [6, 6.07) is 11.0. The summed E-state index contributed by atoms with van der Waals surface area (Å²) in [5, 5.41) is 7.67. The molecule has 28 heavy (non-hydrogen) atoms. The zero-order valence-corrected chi connectivity index (χ0v) is 17.2. The van der Waals surface area contributed by atoms with Crippen molar-refractivity contribution in [3.05, 3.63) is 63.9 Å². The molecule has 8 heteroatoms. The highest BCUT2D eigenvalue weighted by Gasteiger charge is 2.17. The Morgan fingerprint density at radius 1 is 1.25 bits per heavy atom. The first kappa shape index (κ1) is 18.8. The molecule has 0 saturated heterocycles. The largest absolute Gasteiger partial charge is 0.489 e. The highest BCUT2D eigenvalue weighted by Crippen LogP contribution is 2.38. The van der Waals surface area contributed by atoms with Crippen molar-refractivity contribution in [3.63, 3.8) is 0 Å². The lowest BCUT2D eigenvalue weighted by Gasteiger charge is -2.13. The maximum absolute atomic E-state index is 12.7. The van der Waals surface area contributed by atoms with Gasteiger partial charge in [-0.3, -0.25) is 4.79 Å². The van der Waals surface area contributed by atoms with E-state index in [2.05, 4.69) is 26.3 Å². The monoisotopic (exact) mass is 461 g/mol. The maximum Gasteiger partial charge on any atom is 0.228 e. The first-order valence-electron chi connectivity index (χ1n) is 8.77. The van der Waals surface area contributed by atoms with Gasteiger partial charge in [0.05, 0.1) is 46.7 Å². The van der Waals surface area contributed by atoms with Crippen LogP contribution < -0.4 is 14.8 Å². The van der Waals surface area contributed by atoms with Gasteiger partial charge in [-0.2, -0.15) is 5.10 Å². The molecule has 144 valence electrons. The standard InChI is InChI=1S/C20H17BrClN3O3/c21-14-11-23-25(12-14)17-5-2-1-4-16(17)24-19(26)10-13-8-15(22)20-18(9-13)27-6-3-7-28-20/h1-2,4-5,8-9,11-12H,3,6-7,10H2,(H,24,26). The molecular weight excluding hydrogens is 446 g/mol. The second-order valence-corrected chi connectivity index (χ2v) is 7.62. The van der Waals surface area contributed by atoms with Gasteiger partial charge in [-0.15, -0.1) is 0 Å². The Morgan fingerprint density at radius 2 is 2.07 bits per heavy atom. The number of benzene rings is 2. The summed E-state index contributed by atoms with van der Waals surface area (Å²) in [5.41, 5.74) is 2.20. The Labute approximate surface area is 175 Å². The predicted octanol–water partition coefficient (Wildman–Crippen LogP) is 4.63. The van der Waals surface area contributed by atoms with E-state index >= 15 is 0 Å². The Balaban J connectivity index is 1.53. The van der Waals surface area contributed by atoms with Crippen LogP contribution in [0.15, 0.2) is 53.3 Å². The fourth-order valence-electron chi connectivity index (χ4n) is 2.98. The zero-order valence-electron chi connectivity index (χ0n) is 14.8. The average Bonchev–Trinajstić information content (AvgIpc) is 2.95. The number of amides is 1. The molecule has 0 spiro atoms. The first-order valence-corrected chi connectivity index (χ1v) is 9.95. The quantitative estimate of drug-likeness (QED) is 0.614. The number of rotatable bonds is 4. The molecule has 0 unspecified atom stereocenters. The molecule has 3 aromatic rings. The Kier molecular flexibility index (Phi) is 5.54. The predicted molar refractivity (Wildman–Crippen MR) is 111 cm³/mol. The number of nitrogens with one attached hydrogen (secondary N) is 1. The van der Waals surface area contributed by atoms with E-state index < -0.39 is 0 Å². The van der Waals surface area contributed by atoms with Gasteiger partial charge in [-0.1, -0.05) is 23.7 Å². The van der Waals surface area contributed by atoms with Crippen molar-refractivity contribution in [2.75, 3.05) is 18.5 Å². The molecular formula is C20H17BrClN3O3. The lowest BCUT2D eigenvalue weighted by molar-refractivity contribution is -0.115. The second kappa shape index (κ2) is 8.24. The van der Waals surface area contributed by atoms with E-state index in [1.807, 2.05) is 36.5 Å². The van der Waals surface area contributed by atoms with Crippen molar-refractivity contribution in [1.29, 1.82) is 0 Å². The number of hydrogen-bond acceptors (Lipinski definition) is 4. The molecule has 0 saturated carbocycles. The fraction of sp³-hybridized carbons (Fsp3) is 0.200. The van der Waals surface area contributed by atoms with Gasteiger partial charge < -0.3 is 14.8 Å². The third-order valence-electron chi connectivity index (χ3n) is 4.20. The molecule has 1 N–H and O–H groups in total. The number of fused-ring (bicyclic) bond motifs is 1. The number of para-hydroxylation sites is 2. The van der Waals surface area contributed by atoms with E-state index in [0.29, 0.717) is 35.4 Å². The van der Waals surface area contributed by atoms with E-state index in [9.17, 15) is 4.79 Å². The summed E-state index contributed by atoms with van der Waals surface area (Å²) in [6.07, 6.45) is 4.47. The van der Waals surface area contributed by atoms with Crippen molar-refractivity contribution in [2.45, 2.75) is 12.8 Å². The van der Waals surface area contributed by atoms with Gasteiger partial charge in [0.25, 0.3) is 0 Å². The summed E-state index contributed by atoms with van der Waals surface area (Å²) >= 11 is 9.70. The molecule has 2 aromatic carbocycles. The maximum atomic E-state index is 12.7. The third kappa shape index (κ3) is 4.15. The van der Waals surface area contributed by atoms with Gasteiger partial charge in [-0.05, 0) is 45.8 Å². The number of carbonyl (C=O) groups excluding carboxylic acids is 1. The fourth-order valence-corrected chi connectivity index (χ4v) is 3.55. The van der Waals surface area contributed by atoms with Gasteiger partial charge in [0.2, 0.25) is 5.91 Å². The lowest BCUT2D eigenvalue weighted by atomic mass is 10.1. The number of anilines is 1. The molecule has 1 aliphatic rings. The van der Waals surface area contributed by atoms with Crippen LogP contribution in [0.3, 0.4) is 0 Å². The van der Waals surface area contributed by atoms with Gasteiger partial charge in [0.1, 0.15) is 0 Å². The van der Waals surface area contributed by atoms with Gasteiger partial charge >= 0.3 is 0 Å². The topological polar surface area (TPSA) is 65.4 Å². The smallest absolute Gasteiger partial charge is 0.228 e. The molecule has 2 heterocycles. The van der Waals surface area contributed by atoms with Crippen LogP contribution in [0.5, 0.6) is 11.5 Å². The molecule has 4 rings (SSSR count). The van der Waals surface area contributed by atoms with Crippen LogP contribution in [0.25, 0.3) is 5.69 Å². The van der Waals surface area contributed by atoms with Gasteiger partial charge in [0.15, 0.2) is 11.5 Å². The molecule has 0 fully saturated rings. The SMILES string of the molecule is O=C(Cc1cc(Cl)c2c(c1)OCCCO2)Nc1ccccc1-n1cc(Br)cn1. The zero-order chi connectivity index (χ0) is 19.5. The van der Waals surface area contributed by atoms with Gasteiger partial charge in [0, 0.05) is 12.6 Å². The summed E-state index contributed by atoms with van der Waals surface area (Å²) in [5.74, 6) is 0.955. The lowest BCUT2D eigenvalue weighted by Crippen LogP contribution is -2.16. The van der Waals surface area contributed by atoms with Crippen molar-refractivity contribution in [2.24, 2.45) is 0 Å².